The van der Waals surface area contributed by atoms with Crippen molar-refractivity contribution in [1.82, 2.24) is 9.78 Å². The van der Waals surface area contributed by atoms with E-state index in [4.69, 9.17) is 5.73 Å². The highest BCUT2D eigenvalue weighted by Crippen LogP contribution is 2.56. The van der Waals surface area contributed by atoms with Crippen molar-refractivity contribution in [3.05, 3.63) is 64.8 Å². The summed E-state index contributed by atoms with van der Waals surface area (Å²) in [4.78, 5) is 0. The lowest BCUT2D eigenvalue weighted by molar-refractivity contribution is -0.184. The zero-order valence-corrected chi connectivity index (χ0v) is 16.6. The van der Waals surface area contributed by atoms with Gasteiger partial charge in [-0.15, -0.1) is 0 Å². The van der Waals surface area contributed by atoms with E-state index in [1.807, 2.05) is 6.20 Å². The van der Waals surface area contributed by atoms with Crippen molar-refractivity contribution in [3.8, 4) is 5.69 Å². The van der Waals surface area contributed by atoms with E-state index in [1.165, 1.54) is 17.7 Å². The van der Waals surface area contributed by atoms with Crippen molar-refractivity contribution in [3.63, 3.8) is 0 Å². The summed E-state index contributed by atoms with van der Waals surface area (Å²) in [5.74, 6) is -2.02. The Hall–Kier alpha value is -2.41. The summed E-state index contributed by atoms with van der Waals surface area (Å²) in [7, 11) is 0. The number of nitrogens with two attached hydrogens (primary N) is 1. The van der Waals surface area contributed by atoms with Crippen LogP contribution in [-0.4, -0.2) is 22.0 Å². The van der Waals surface area contributed by atoms with E-state index in [0.29, 0.717) is 19.3 Å². The SMILES string of the molecule is C[C@]12Cc3cnn(-c4ccc(F)cc4)c3C=C1CC[C@H]1C2=CC[C@@H](C(F)(F)F)[C@@H]1N. The number of alkyl halides is 3. The Morgan fingerprint density at radius 1 is 1.20 bits per heavy atom. The molecule has 3 aliphatic rings. The minimum Gasteiger partial charge on any atom is -0.327 e. The van der Waals surface area contributed by atoms with Gasteiger partial charge in [-0.3, -0.25) is 0 Å². The quantitative estimate of drug-likeness (QED) is 0.512. The van der Waals surface area contributed by atoms with Crippen LogP contribution < -0.4 is 5.73 Å². The maximum Gasteiger partial charge on any atom is 0.393 e. The Morgan fingerprint density at radius 2 is 1.93 bits per heavy atom. The molecule has 3 aliphatic carbocycles. The van der Waals surface area contributed by atoms with Crippen molar-refractivity contribution in [1.29, 1.82) is 0 Å². The number of halogens is 4. The zero-order valence-electron chi connectivity index (χ0n) is 16.6. The van der Waals surface area contributed by atoms with Gasteiger partial charge in [0.2, 0.25) is 0 Å². The first kappa shape index (κ1) is 19.5. The van der Waals surface area contributed by atoms with Gasteiger partial charge in [0.25, 0.3) is 0 Å². The monoisotopic (exact) mass is 417 g/mol. The van der Waals surface area contributed by atoms with E-state index < -0.39 is 18.1 Å². The molecule has 0 saturated heterocycles. The number of nitrogens with zero attached hydrogens (tertiary/aromatic N) is 2. The van der Waals surface area contributed by atoms with E-state index in [1.54, 1.807) is 22.9 Å². The topological polar surface area (TPSA) is 43.8 Å². The smallest absolute Gasteiger partial charge is 0.327 e. The fourth-order valence-electron chi connectivity index (χ4n) is 5.62. The first-order valence-corrected chi connectivity index (χ1v) is 10.3. The van der Waals surface area contributed by atoms with Gasteiger partial charge >= 0.3 is 6.18 Å². The average Bonchev–Trinajstić information content (AvgIpc) is 3.08. The second-order valence-electron chi connectivity index (χ2n) is 8.89. The minimum absolute atomic E-state index is 0.0545. The molecule has 1 aromatic carbocycles. The van der Waals surface area contributed by atoms with Crippen LogP contribution in [0.3, 0.4) is 0 Å². The first-order valence-electron chi connectivity index (χ1n) is 10.3. The summed E-state index contributed by atoms with van der Waals surface area (Å²) in [6.07, 6.45) is 3.42. The largest absolute Gasteiger partial charge is 0.393 e. The number of rotatable bonds is 1. The maximum atomic E-state index is 13.4. The molecular formula is C23H23F4N3. The molecule has 0 radical (unpaired) electrons. The molecule has 1 fully saturated rings. The summed E-state index contributed by atoms with van der Waals surface area (Å²) in [5, 5.41) is 4.51. The van der Waals surface area contributed by atoms with E-state index in [9.17, 15) is 17.6 Å². The molecule has 1 saturated carbocycles. The van der Waals surface area contributed by atoms with Crippen LogP contribution in [0, 0.1) is 23.1 Å². The van der Waals surface area contributed by atoms with Crippen LogP contribution in [-0.2, 0) is 6.42 Å². The fourth-order valence-corrected chi connectivity index (χ4v) is 5.62. The number of aromatic nitrogens is 2. The van der Waals surface area contributed by atoms with E-state index in [0.717, 1.165) is 22.5 Å². The molecule has 1 aromatic heterocycles. The van der Waals surface area contributed by atoms with Crippen LogP contribution in [0.4, 0.5) is 17.6 Å². The van der Waals surface area contributed by atoms with Crippen molar-refractivity contribution in [2.45, 2.75) is 44.8 Å². The van der Waals surface area contributed by atoms with Crippen LogP contribution in [0.25, 0.3) is 11.8 Å². The third kappa shape index (κ3) is 2.86. The van der Waals surface area contributed by atoms with Crippen LogP contribution >= 0.6 is 0 Å². The summed E-state index contributed by atoms with van der Waals surface area (Å²) < 4.78 is 55.3. The lowest BCUT2D eigenvalue weighted by atomic mass is 9.55. The minimum atomic E-state index is -4.27. The van der Waals surface area contributed by atoms with Gasteiger partial charge in [-0.2, -0.15) is 18.3 Å². The van der Waals surface area contributed by atoms with Crippen molar-refractivity contribution < 1.29 is 17.6 Å². The Kier molecular flexibility index (Phi) is 4.26. The molecule has 0 bridgehead atoms. The highest BCUT2D eigenvalue weighted by molar-refractivity contribution is 5.63. The molecule has 0 aliphatic heterocycles. The second-order valence-corrected chi connectivity index (χ2v) is 8.89. The lowest BCUT2D eigenvalue weighted by Gasteiger charge is -2.50. The molecule has 4 atom stereocenters. The fraction of sp³-hybridized carbons (Fsp3) is 0.435. The highest BCUT2D eigenvalue weighted by Gasteiger charge is 2.53. The third-order valence-electron chi connectivity index (χ3n) is 7.22. The summed E-state index contributed by atoms with van der Waals surface area (Å²) >= 11 is 0. The second kappa shape index (κ2) is 6.54. The number of hydrogen-bond donors (Lipinski definition) is 1. The summed E-state index contributed by atoms with van der Waals surface area (Å²) in [5.41, 5.74) is 10.9. The van der Waals surface area contributed by atoms with Gasteiger partial charge in [0, 0.05) is 11.5 Å². The van der Waals surface area contributed by atoms with Crippen LogP contribution in [0.15, 0.2) is 47.7 Å². The molecule has 1 heterocycles. The van der Waals surface area contributed by atoms with Gasteiger partial charge in [-0.25, -0.2) is 9.07 Å². The van der Waals surface area contributed by atoms with Crippen molar-refractivity contribution in [2.24, 2.45) is 23.0 Å². The van der Waals surface area contributed by atoms with Crippen molar-refractivity contribution >= 4 is 6.08 Å². The van der Waals surface area contributed by atoms with E-state index >= 15 is 0 Å². The first-order chi connectivity index (χ1) is 14.2. The number of allylic oxidation sites excluding steroid dienone is 2. The van der Waals surface area contributed by atoms with E-state index in [2.05, 4.69) is 18.1 Å². The predicted octanol–water partition coefficient (Wildman–Crippen LogP) is 5.20. The molecule has 30 heavy (non-hydrogen) atoms. The van der Waals surface area contributed by atoms with E-state index in [-0.39, 0.29) is 23.6 Å². The lowest BCUT2D eigenvalue weighted by Crippen LogP contribution is -2.51. The number of fused-ring (bicyclic) bond motifs is 4. The van der Waals surface area contributed by atoms with Gasteiger partial charge < -0.3 is 5.73 Å². The van der Waals surface area contributed by atoms with Crippen LogP contribution in [0.2, 0.25) is 0 Å². The standard InChI is InChI=1S/C23H23F4N3/c1-22-11-13-12-29-30(16-5-3-15(24)4-6-16)20(13)10-14(22)2-7-17-18(22)8-9-19(21(17)28)23(25,26)27/h3-6,8,10,12,17,19,21H,2,7,9,11,28H2,1H3/t17-,19+,21+,22-/m0/s1. The Bertz CT molecular complexity index is 1050. The molecule has 0 unspecified atom stereocenters. The summed E-state index contributed by atoms with van der Waals surface area (Å²) in [6.45, 7) is 2.12. The average molecular weight is 417 g/mol. The highest BCUT2D eigenvalue weighted by atomic mass is 19.4. The Labute approximate surface area is 172 Å². The van der Waals surface area contributed by atoms with Gasteiger partial charge in [0.05, 0.1) is 23.5 Å². The molecule has 7 heteroatoms. The molecule has 158 valence electrons. The molecular weight excluding hydrogens is 394 g/mol. The molecule has 2 N–H and O–H groups in total. The Balaban J connectivity index is 1.53. The van der Waals surface area contributed by atoms with Gasteiger partial charge in [0.15, 0.2) is 0 Å². The number of benzene rings is 1. The summed E-state index contributed by atoms with van der Waals surface area (Å²) in [6, 6.07) is 5.28. The van der Waals surface area contributed by atoms with Gasteiger partial charge in [-0.1, -0.05) is 24.1 Å². The normalized spacial score (nSPS) is 30.7. The molecule has 2 aromatic rings. The molecule has 0 spiro atoms. The van der Waals surface area contributed by atoms with Crippen molar-refractivity contribution in [2.75, 3.05) is 0 Å². The third-order valence-corrected chi connectivity index (χ3v) is 7.22. The van der Waals surface area contributed by atoms with Gasteiger partial charge in [-0.05, 0) is 67.5 Å². The maximum absolute atomic E-state index is 13.4. The molecule has 5 rings (SSSR count). The van der Waals surface area contributed by atoms with Crippen LogP contribution in [0.1, 0.15) is 37.4 Å². The van der Waals surface area contributed by atoms with Gasteiger partial charge in [0.1, 0.15) is 5.82 Å². The molecule has 3 nitrogen and oxygen atoms in total. The molecule has 0 amide bonds. The Morgan fingerprint density at radius 3 is 2.63 bits per heavy atom. The predicted molar refractivity (Wildman–Crippen MR) is 106 cm³/mol. The number of hydrogen-bond acceptors (Lipinski definition) is 2. The zero-order chi connectivity index (χ0) is 21.3. The van der Waals surface area contributed by atoms with Crippen LogP contribution in [0.5, 0.6) is 0 Å².